The highest BCUT2D eigenvalue weighted by atomic mass is 16.4. The van der Waals surface area contributed by atoms with Crippen molar-refractivity contribution in [2.75, 3.05) is 18.0 Å². The molecule has 2 rings (SSSR count). The summed E-state index contributed by atoms with van der Waals surface area (Å²) in [5.41, 5.74) is 3.15. The minimum absolute atomic E-state index is 0.287. The average Bonchev–Trinajstić information content (AvgIpc) is 2.53. The zero-order valence-electron chi connectivity index (χ0n) is 14.3. The highest BCUT2D eigenvalue weighted by molar-refractivity contribution is 5.97. The van der Waals surface area contributed by atoms with Gasteiger partial charge in [-0.05, 0) is 44.0 Å². The Labute approximate surface area is 138 Å². The van der Waals surface area contributed by atoms with E-state index in [2.05, 4.69) is 29.8 Å². The lowest BCUT2D eigenvalue weighted by atomic mass is 10.1. The fourth-order valence-electron chi connectivity index (χ4n) is 2.78. The fraction of sp³-hybridized carbons (Fsp3) is 0.474. The summed E-state index contributed by atoms with van der Waals surface area (Å²) < 4.78 is 0. The number of fused-ring (bicyclic) bond motifs is 1. The third-order valence-electron chi connectivity index (χ3n) is 4.07. The molecule has 0 atom stereocenters. The van der Waals surface area contributed by atoms with Gasteiger partial charge in [0.1, 0.15) is 0 Å². The highest BCUT2D eigenvalue weighted by Gasteiger charge is 2.13. The standard InChI is InChI=1S/C19H26N2O2/c1-4-6-10-21(11-7-5-2)18-12-14(3)20-17-13-15(19(22)23)8-9-16(17)18/h8-9,12-13H,4-7,10-11H2,1-3H3,(H,22,23). The number of benzene rings is 1. The van der Waals surface area contributed by atoms with Crippen LogP contribution in [0.25, 0.3) is 10.9 Å². The predicted octanol–water partition coefficient (Wildman–Crippen LogP) is 4.65. The van der Waals surface area contributed by atoms with Crippen molar-refractivity contribution in [3.8, 4) is 0 Å². The third-order valence-corrected chi connectivity index (χ3v) is 4.07. The molecule has 1 aromatic carbocycles. The second-order valence-electron chi connectivity index (χ2n) is 6.01. The number of carboxylic acid groups (broad SMARTS) is 1. The molecule has 1 N–H and O–H groups in total. The number of anilines is 1. The summed E-state index contributed by atoms with van der Waals surface area (Å²) in [6.07, 6.45) is 4.63. The van der Waals surface area contributed by atoms with Crippen LogP contribution in [-0.2, 0) is 0 Å². The van der Waals surface area contributed by atoms with Crippen molar-refractivity contribution in [2.24, 2.45) is 0 Å². The molecule has 0 aliphatic rings. The van der Waals surface area contributed by atoms with Gasteiger partial charge in [-0.3, -0.25) is 4.98 Å². The molecule has 0 saturated heterocycles. The maximum absolute atomic E-state index is 11.2. The van der Waals surface area contributed by atoms with Crippen molar-refractivity contribution in [2.45, 2.75) is 46.5 Å². The zero-order valence-corrected chi connectivity index (χ0v) is 14.3. The Bertz CT molecular complexity index is 674. The van der Waals surface area contributed by atoms with Crippen molar-refractivity contribution in [1.82, 2.24) is 4.98 Å². The fourth-order valence-corrected chi connectivity index (χ4v) is 2.78. The molecule has 0 fully saturated rings. The zero-order chi connectivity index (χ0) is 16.8. The molecule has 0 saturated carbocycles. The smallest absolute Gasteiger partial charge is 0.335 e. The van der Waals surface area contributed by atoms with Gasteiger partial charge in [-0.1, -0.05) is 26.7 Å². The van der Waals surface area contributed by atoms with Crippen LogP contribution in [0.15, 0.2) is 24.3 Å². The number of aromatic carboxylic acids is 1. The molecule has 0 spiro atoms. The number of aryl methyl sites for hydroxylation is 1. The van der Waals surface area contributed by atoms with E-state index in [1.807, 2.05) is 13.0 Å². The molecule has 2 aromatic rings. The van der Waals surface area contributed by atoms with E-state index in [1.165, 1.54) is 5.69 Å². The lowest BCUT2D eigenvalue weighted by Gasteiger charge is -2.26. The number of hydrogen-bond donors (Lipinski definition) is 1. The topological polar surface area (TPSA) is 53.4 Å². The number of carboxylic acids is 1. The van der Waals surface area contributed by atoms with E-state index in [-0.39, 0.29) is 5.56 Å². The van der Waals surface area contributed by atoms with E-state index >= 15 is 0 Å². The first-order valence-corrected chi connectivity index (χ1v) is 8.46. The summed E-state index contributed by atoms with van der Waals surface area (Å²) >= 11 is 0. The summed E-state index contributed by atoms with van der Waals surface area (Å²) in [5, 5.41) is 10.2. The van der Waals surface area contributed by atoms with Crippen molar-refractivity contribution in [1.29, 1.82) is 0 Å². The molecule has 0 bridgehead atoms. The number of rotatable bonds is 8. The van der Waals surface area contributed by atoms with Crippen molar-refractivity contribution >= 4 is 22.6 Å². The van der Waals surface area contributed by atoms with Gasteiger partial charge in [-0.25, -0.2) is 4.79 Å². The maximum Gasteiger partial charge on any atom is 0.335 e. The minimum atomic E-state index is -0.912. The summed E-state index contributed by atoms with van der Waals surface area (Å²) in [6, 6.07) is 7.36. The van der Waals surface area contributed by atoms with E-state index in [0.717, 1.165) is 55.4 Å². The van der Waals surface area contributed by atoms with Gasteiger partial charge < -0.3 is 10.0 Å². The normalized spacial score (nSPS) is 10.9. The van der Waals surface area contributed by atoms with E-state index < -0.39 is 5.97 Å². The van der Waals surface area contributed by atoms with Crippen LogP contribution in [0, 0.1) is 6.92 Å². The summed E-state index contributed by atoms with van der Waals surface area (Å²) in [5.74, 6) is -0.912. The Morgan fingerprint density at radius 3 is 2.35 bits per heavy atom. The summed E-state index contributed by atoms with van der Waals surface area (Å²) in [7, 11) is 0. The van der Waals surface area contributed by atoms with Gasteiger partial charge >= 0.3 is 5.97 Å². The van der Waals surface area contributed by atoms with Crippen LogP contribution in [0.5, 0.6) is 0 Å². The van der Waals surface area contributed by atoms with Gasteiger partial charge in [0.25, 0.3) is 0 Å². The summed E-state index contributed by atoms with van der Waals surface area (Å²) in [4.78, 5) is 18.1. The van der Waals surface area contributed by atoms with Gasteiger partial charge in [0.05, 0.1) is 11.1 Å². The van der Waals surface area contributed by atoms with Gasteiger partial charge in [0.2, 0.25) is 0 Å². The predicted molar refractivity (Wildman–Crippen MR) is 95.5 cm³/mol. The molecule has 1 heterocycles. The van der Waals surface area contributed by atoms with Crippen molar-refractivity contribution in [3.05, 3.63) is 35.5 Å². The van der Waals surface area contributed by atoms with Crippen LogP contribution in [0.1, 0.15) is 55.6 Å². The number of pyridine rings is 1. The first-order valence-electron chi connectivity index (χ1n) is 8.46. The first kappa shape index (κ1) is 17.3. The molecular formula is C19H26N2O2. The first-order chi connectivity index (χ1) is 11.1. The molecule has 0 aliphatic carbocycles. The van der Waals surface area contributed by atoms with Crippen LogP contribution in [0.2, 0.25) is 0 Å². The van der Waals surface area contributed by atoms with Gasteiger partial charge in [0, 0.05) is 29.9 Å². The second-order valence-corrected chi connectivity index (χ2v) is 6.01. The average molecular weight is 314 g/mol. The van der Waals surface area contributed by atoms with E-state index in [4.69, 9.17) is 0 Å². The van der Waals surface area contributed by atoms with Crippen LogP contribution >= 0.6 is 0 Å². The van der Waals surface area contributed by atoms with Crippen LogP contribution in [-0.4, -0.2) is 29.1 Å². The Hall–Kier alpha value is -2.10. The third kappa shape index (κ3) is 4.21. The van der Waals surface area contributed by atoms with Crippen molar-refractivity contribution < 1.29 is 9.90 Å². The van der Waals surface area contributed by atoms with Gasteiger partial charge in [0.15, 0.2) is 0 Å². The van der Waals surface area contributed by atoms with Crippen LogP contribution in [0.4, 0.5) is 5.69 Å². The Balaban J connectivity index is 2.49. The number of unbranched alkanes of at least 4 members (excludes halogenated alkanes) is 2. The minimum Gasteiger partial charge on any atom is -0.478 e. The molecule has 0 radical (unpaired) electrons. The second kappa shape index (κ2) is 7.95. The Morgan fingerprint density at radius 2 is 1.78 bits per heavy atom. The SMILES string of the molecule is CCCCN(CCCC)c1cc(C)nc2cc(C(=O)O)ccc12. The van der Waals surface area contributed by atoms with E-state index in [9.17, 15) is 9.90 Å². The molecule has 4 heteroatoms. The molecule has 124 valence electrons. The largest absolute Gasteiger partial charge is 0.478 e. The Kier molecular flexibility index (Phi) is 5.97. The Morgan fingerprint density at radius 1 is 1.13 bits per heavy atom. The number of aromatic nitrogens is 1. The van der Waals surface area contributed by atoms with E-state index in [1.54, 1.807) is 12.1 Å². The lowest BCUT2D eigenvalue weighted by Crippen LogP contribution is -2.26. The van der Waals surface area contributed by atoms with Crippen molar-refractivity contribution in [3.63, 3.8) is 0 Å². The molecule has 0 unspecified atom stereocenters. The molecule has 1 aromatic heterocycles. The van der Waals surface area contributed by atoms with E-state index in [0.29, 0.717) is 0 Å². The number of nitrogens with zero attached hydrogens (tertiary/aromatic N) is 2. The quantitative estimate of drug-likeness (QED) is 0.770. The maximum atomic E-state index is 11.2. The number of hydrogen-bond acceptors (Lipinski definition) is 3. The molecule has 23 heavy (non-hydrogen) atoms. The van der Waals surface area contributed by atoms with Gasteiger partial charge in [-0.15, -0.1) is 0 Å². The number of carbonyl (C=O) groups is 1. The van der Waals surface area contributed by atoms with Crippen LogP contribution < -0.4 is 4.90 Å². The van der Waals surface area contributed by atoms with Crippen LogP contribution in [0.3, 0.4) is 0 Å². The molecule has 0 aliphatic heterocycles. The summed E-state index contributed by atoms with van der Waals surface area (Å²) in [6.45, 7) is 8.42. The molecule has 0 amide bonds. The highest BCUT2D eigenvalue weighted by Crippen LogP contribution is 2.28. The molecule has 4 nitrogen and oxygen atoms in total. The van der Waals surface area contributed by atoms with Gasteiger partial charge in [-0.2, -0.15) is 0 Å². The monoisotopic (exact) mass is 314 g/mol. The lowest BCUT2D eigenvalue weighted by molar-refractivity contribution is 0.0697. The molecular weight excluding hydrogens is 288 g/mol.